The van der Waals surface area contributed by atoms with Crippen LogP contribution in [0.15, 0.2) is 16.6 Å². The molecule has 1 aliphatic heterocycles. The molecule has 0 saturated carbocycles. The molecule has 1 N–H and O–H groups in total. The Hall–Kier alpha value is -1.36. The van der Waals surface area contributed by atoms with Crippen LogP contribution in [0.4, 0.5) is 5.69 Å². The topological polar surface area (TPSA) is 49.4 Å². The number of likely N-dealkylation sites (tertiary alicyclic amines) is 1. The molecule has 1 atom stereocenters. The average molecular weight is 339 g/mol. The maximum Gasteiger partial charge on any atom is 0.252 e. The molecule has 0 bridgehead atoms. The lowest BCUT2D eigenvalue weighted by Gasteiger charge is -2.20. The molecule has 2 amide bonds. The van der Waals surface area contributed by atoms with Crippen LogP contribution < -0.4 is 5.32 Å². The summed E-state index contributed by atoms with van der Waals surface area (Å²) >= 11 is 3.51. The molecule has 1 aliphatic rings. The number of nitrogens with one attached hydrogen (secondary N) is 1. The monoisotopic (exact) mass is 338 g/mol. The highest BCUT2D eigenvalue weighted by Gasteiger charge is 2.40. The molecule has 0 aliphatic carbocycles. The summed E-state index contributed by atoms with van der Waals surface area (Å²) in [5.74, 6) is -0.250. The van der Waals surface area contributed by atoms with E-state index in [-0.39, 0.29) is 24.3 Å². The standard InChI is InChI=1S/C15H19BrN2O2/c1-8(2)18-13(19)7-12(15(18)20)17-14-10(4)5-9(3)6-11(14)16/h5-6,8,12,17H,7H2,1-4H3. The molecule has 20 heavy (non-hydrogen) atoms. The number of hydrogen-bond acceptors (Lipinski definition) is 3. The molecule has 4 nitrogen and oxygen atoms in total. The Morgan fingerprint density at radius 1 is 1.30 bits per heavy atom. The number of benzene rings is 1. The summed E-state index contributed by atoms with van der Waals surface area (Å²) in [5, 5.41) is 3.21. The van der Waals surface area contributed by atoms with E-state index in [9.17, 15) is 9.59 Å². The lowest BCUT2D eigenvalue weighted by molar-refractivity contribution is -0.140. The van der Waals surface area contributed by atoms with Gasteiger partial charge in [0.05, 0.1) is 12.1 Å². The maximum atomic E-state index is 12.3. The van der Waals surface area contributed by atoms with Gasteiger partial charge in [-0.15, -0.1) is 0 Å². The molecule has 1 heterocycles. The van der Waals surface area contributed by atoms with Gasteiger partial charge in [-0.1, -0.05) is 6.07 Å². The second-order valence-corrected chi connectivity index (χ2v) is 6.39. The van der Waals surface area contributed by atoms with E-state index in [1.807, 2.05) is 33.8 Å². The van der Waals surface area contributed by atoms with E-state index in [0.717, 1.165) is 21.3 Å². The van der Waals surface area contributed by atoms with E-state index in [2.05, 4.69) is 27.3 Å². The van der Waals surface area contributed by atoms with Crippen LogP contribution in [0.3, 0.4) is 0 Å². The van der Waals surface area contributed by atoms with Crippen LogP contribution in [0.5, 0.6) is 0 Å². The highest BCUT2D eigenvalue weighted by atomic mass is 79.9. The van der Waals surface area contributed by atoms with Gasteiger partial charge in [0.1, 0.15) is 6.04 Å². The fraction of sp³-hybridized carbons (Fsp3) is 0.467. The molecule has 2 rings (SSSR count). The number of anilines is 1. The van der Waals surface area contributed by atoms with Crippen molar-refractivity contribution in [3.8, 4) is 0 Å². The van der Waals surface area contributed by atoms with Gasteiger partial charge in [0.15, 0.2) is 0 Å². The zero-order valence-corrected chi connectivity index (χ0v) is 13.7. The Balaban J connectivity index is 2.24. The van der Waals surface area contributed by atoms with Crippen molar-refractivity contribution >= 4 is 33.4 Å². The first-order valence-corrected chi connectivity index (χ1v) is 7.49. The van der Waals surface area contributed by atoms with E-state index < -0.39 is 6.04 Å². The predicted molar refractivity (Wildman–Crippen MR) is 82.6 cm³/mol. The zero-order chi connectivity index (χ0) is 15.0. The number of nitrogens with zero attached hydrogens (tertiary/aromatic N) is 1. The lowest BCUT2D eigenvalue weighted by atomic mass is 10.1. The minimum atomic E-state index is -0.470. The third kappa shape index (κ3) is 2.73. The normalized spacial score (nSPS) is 19.1. The molecule has 0 radical (unpaired) electrons. The van der Waals surface area contributed by atoms with Crippen LogP contribution in [0.1, 0.15) is 31.4 Å². The fourth-order valence-corrected chi connectivity index (χ4v) is 3.37. The summed E-state index contributed by atoms with van der Waals surface area (Å²) in [4.78, 5) is 25.5. The Bertz CT molecular complexity index is 546. The van der Waals surface area contributed by atoms with Gasteiger partial charge in [-0.25, -0.2) is 0 Å². The summed E-state index contributed by atoms with van der Waals surface area (Å²) < 4.78 is 0.915. The molecule has 1 aromatic rings. The summed E-state index contributed by atoms with van der Waals surface area (Å²) in [6.45, 7) is 7.71. The number of amides is 2. The highest BCUT2D eigenvalue weighted by molar-refractivity contribution is 9.10. The minimum Gasteiger partial charge on any atom is -0.372 e. The average Bonchev–Trinajstić information content (AvgIpc) is 2.58. The number of carbonyl (C=O) groups is 2. The van der Waals surface area contributed by atoms with Gasteiger partial charge in [-0.3, -0.25) is 14.5 Å². The molecule has 1 fully saturated rings. The van der Waals surface area contributed by atoms with Crippen LogP contribution in [-0.2, 0) is 9.59 Å². The molecule has 0 spiro atoms. The van der Waals surface area contributed by atoms with Crippen molar-refractivity contribution < 1.29 is 9.59 Å². The van der Waals surface area contributed by atoms with Gasteiger partial charge in [-0.05, 0) is 60.8 Å². The fourth-order valence-electron chi connectivity index (χ4n) is 2.58. The van der Waals surface area contributed by atoms with Gasteiger partial charge >= 0.3 is 0 Å². The quantitative estimate of drug-likeness (QED) is 0.862. The van der Waals surface area contributed by atoms with Crippen molar-refractivity contribution in [2.24, 2.45) is 0 Å². The van der Waals surface area contributed by atoms with E-state index in [1.54, 1.807) is 0 Å². The van der Waals surface area contributed by atoms with E-state index in [0.29, 0.717) is 0 Å². The van der Waals surface area contributed by atoms with Crippen molar-refractivity contribution in [2.45, 2.75) is 46.2 Å². The third-order valence-corrected chi connectivity index (χ3v) is 4.08. The molecule has 1 unspecified atom stereocenters. The van der Waals surface area contributed by atoms with Gasteiger partial charge in [0.2, 0.25) is 5.91 Å². The number of hydrogen-bond donors (Lipinski definition) is 1. The molecule has 1 saturated heterocycles. The van der Waals surface area contributed by atoms with Gasteiger partial charge in [-0.2, -0.15) is 0 Å². The number of imide groups is 1. The smallest absolute Gasteiger partial charge is 0.252 e. The van der Waals surface area contributed by atoms with E-state index in [1.165, 1.54) is 4.90 Å². The molecule has 5 heteroatoms. The van der Waals surface area contributed by atoms with Crippen LogP contribution in [0, 0.1) is 13.8 Å². The van der Waals surface area contributed by atoms with Crippen molar-refractivity contribution in [3.05, 3.63) is 27.7 Å². The second kappa shape index (κ2) is 5.56. The first-order valence-electron chi connectivity index (χ1n) is 6.70. The SMILES string of the molecule is Cc1cc(C)c(NC2CC(=O)N(C(C)C)C2=O)c(Br)c1. The van der Waals surface area contributed by atoms with Crippen LogP contribution in [0.2, 0.25) is 0 Å². The van der Waals surface area contributed by atoms with Crippen molar-refractivity contribution in [2.75, 3.05) is 5.32 Å². The van der Waals surface area contributed by atoms with E-state index >= 15 is 0 Å². The first-order chi connectivity index (χ1) is 9.31. The predicted octanol–water partition coefficient (Wildman–Crippen LogP) is 3.01. The second-order valence-electron chi connectivity index (χ2n) is 5.54. The van der Waals surface area contributed by atoms with Crippen molar-refractivity contribution in [3.63, 3.8) is 0 Å². The van der Waals surface area contributed by atoms with Crippen molar-refractivity contribution in [1.82, 2.24) is 4.90 Å². The van der Waals surface area contributed by atoms with Gasteiger partial charge in [0.25, 0.3) is 5.91 Å². The highest BCUT2D eigenvalue weighted by Crippen LogP contribution is 2.30. The molecule has 1 aromatic carbocycles. The number of halogens is 1. The van der Waals surface area contributed by atoms with Crippen LogP contribution >= 0.6 is 15.9 Å². The number of aryl methyl sites for hydroxylation is 2. The maximum absolute atomic E-state index is 12.3. The molecular weight excluding hydrogens is 320 g/mol. The Kier molecular flexibility index (Phi) is 4.18. The van der Waals surface area contributed by atoms with E-state index in [4.69, 9.17) is 0 Å². The minimum absolute atomic E-state index is 0.0932. The number of carbonyl (C=O) groups excluding carboxylic acids is 2. The summed E-state index contributed by atoms with van der Waals surface area (Å²) in [5.41, 5.74) is 3.09. The Morgan fingerprint density at radius 3 is 2.45 bits per heavy atom. The van der Waals surface area contributed by atoms with Crippen molar-refractivity contribution in [1.29, 1.82) is 0 Å². The summed E-state index contributed by atoms with van der Waals surface area (Å²) in [6.07, 6.45) is 0.219. The zero-order valence-electron chi connectivity index (χ0n) is 12.2. The van der Waals surface area contributed by atoms with Crippen LogP contribution in [-0.4, -0.2) is 28.8 Å². The third-order valence-electron chi connectivity index (χ3n) is 3.45. The number of rotatable bonds is 3. The Morgan fingerprint density at radius 2 is 1.95 bits per heavy atom. The largest absolute Gasteiger partial charge is 0.372 e. The summed E-state index contributed by atoms with van der Waals surface area (Å²) in [7, 11) is 0. The molecule has 0 aromatic heterocycles. The summed E-state index contributed by atoms with van der Waals surface area (Å²) in [6, 6.07) is 3.48. The first kappa shape index (κ1) is 15.0. The Labute approximate surface area is 127 Å². The lowest BCUT2D eigenvalue weighted by Crippen LogP contribution is -2.39. The van der Waals surface area contributed by atoms with Crippen LogP contribution in [0.25, 0.3) is 0 Å². The van der Waals surface area contributed by atoms with Gasteiger partial charge < -0.3 is 5.32 Å². The molecule has 108 valence electrons. The molecular formula is C15H19BrN2O2. The van der Waals surface area contributed by atoms with Gasteiger partial charge in [0, 0.05) is 10.5 Å².